The van der Waals surface area contributed by atoms with Crippen LogP contribution in [-0.4, -0.2) is 42.4 Å². The molecule has 0 unspecified atom stereocenters. The van der Waals surface area contributed by atoms with E-state index in [1.165, 1.54) is 0 Å². The third-order valence-electron chi connectivity index (χ3n) is 2.20. The molecule has 0 amide bonds. The van der Waals surface area contributed by atoms with E-state index in [1.807, 2.05) is 13.8 Å². The number of hydrogen-bond donors (Lipinski definition) is 1. The van der Waals surface area contributed by atoms with Gasteiger partial charge in [-0.15, -0.1) is 0 Å². The van der Waals surface area contributed by atoms with Crippen LogP contribution in [0.25, 0.3) is 0 Å². The number of rotatable bonds is 2. The maximum atomic E-state index is 8.75. The second-order valence-corrected chi connectivity index (χ2v) is 3.69. The molecule has 0 radical (unpaired) electrons. The van der Waals surface area contributed by atoms with Crippen molar-refractivity contribution in [1.82, 2.24) is 0 Å². The van der Waals surface area contributed by atoms with Crippen LogP contribution in [0.3, 0.4) is 0 Å². The Bertz CT molecular complexity index is 180. The van der Waals surface area contributed by atoms with Gasteiger partial charge in [0.2, 0.25) is 0 Å². The van der Waals surface area contributed by atoms with E-state index in [2.05, 4.69) is 0 Å². The molecule has 0 aromatic heterocycles. The van der Waals surface area contributed by atoms with Gasteiger partial charge in [0.05, 0.1) is 13.2 Å². The van der Waals surface area contributed by atoms with E-state index < -0.39 is 5.79 Å². The fourth-order valence-corrected chi connectivity index (χ4v) is 1.51. The van der Waals surface area contributed by atoms with Crippen LogP contribution in [0.5, 0.6) is 0 Å². The van der Waals surface area contributed by atoms with Gasteiger partial charge in [-0.3, -0.25) is 0 Å². The lowest BCUT2D eigenvalue weighted by molar-refractivity contribution is -0.140. The maximum absolute atomic E-state index is 8.75. The van der Waals surface area contributed by atoms with E-state index >= 15 is 0 Å². The molecule has 4 heteroatoms. The summed E-state index contributed by atoms with van der Waals surface area (Å²) < 4.78 is 16.1. The zero-order valence-corrected chi connectivity index (χ0v) is 7.32. The fraction of sp³-hybridized carbons (Fsp3) is 1.00. The highest BCUT2D eigenvalue weighted by Gasteiger charge is 2.50. The van der Waals surface area contributed by atoms with E-state index in [4.69, 9.17) is 19.3 Å². The molecular weight excluding hydrogens is 160 g/mol. The first-order valence-corrected chi connectivity index (χ1v) is 4.20. The van der Waals surface area contributed by atoms with Crippen molar-refractivity contribution >= 4 is 0 Å². The average molecular weight is 174 g/mol. The summed E-state index contributed by atoms with van der Waals surface area (Å²) >= 11 is 0. The minimum atomic E-state index is -0.489. The van der Waals surface area contributed by atoms with Crippen LogP contribution in [0.2, 0.25) is 0 Å². The predicted molar refractivity (Wildman–Crippen MR) is 40.7 cm³/mol. The highest BCUT2D eigenvalue weighted by Crippen LogP contribution is 2.34. The lowest BCUT2D eigenvalue weighted by atomic mass is 10.2. The summed E-state index contributed by atoms with van der Waals surface area (Å²) in [6.45, 7) is 4.39. The second-order valence-electron chi connectivity index (χ2n) is 3.69. The number of ether oxygens (including phenoxy) is 3. The van der Waals surface area contributed by atoms with Crippen LogP contribution in [-0.2, 0) is 14.2 Å². The predicted octanol–water partition coefficient (Wildman–Crippen LogP) is -0.102. The summed E-state index contributed by atoms with van der Waals surface area (Å²) in [4.78, 5) is 0. The molecule has 3 atom stereocenters. The normalized spacial score (nSPS) is 44.8. The molecule has 0 bridgehead atoms. The van der Waals surface area contributed by atoms with Crippen LogP contribution in [0.4, 0.5) is 0 Å². The number of aliphatic hydroxyl groups is 1. The molecule has 2 fully saturated rings. The smallest absolute Gasteiger partial charge is 0.163 e. The van der Waals surface area contributed by atoms with Gasteiger partial charge < -0.3 is 19.3 Å². The molecule has 2 heterocycles. The molecule has 2 rings (SSSR count). The van der Waals surface area contributed by atoms with Crippen molar-refractivity contribution in [3.63, 3.8) is 0 Å². The Hall–Kier alpha value is -0.160. The van der Waals surface area contributed by atoms with Crippen molar-refractivity contribution in [2.75, 3.05) is 13.2 Å². The number of aliphatic hydroxyl groups excluding tert-OH is 1. The van der Waals surface area contributed by atoms with Crippen LogP contribution in [0, 0.1) is 0 Å². The average Bonchev–Trinajstić information content (AvgIpc) is 2.70. The molecule has 0 aromatic rings. The van der Waals surface area contributed by atoms with Crippen molar-refractivity contribution in [3.8, 4) is 0 Å². The third kappa shape index (κ3) is 1.47. The molecule has 2 aliphatic rings. The molecule has 0 saturated carbocycles. The van der Waals surface area contributed by atoms with Crippen LogP contribution in [0.1, 0.15) is 13.8 Å². The molecule has 2 saturated heterocycles. The van der Waals surface area contributed by atoms with Crippen molar-refractivity contribution in [2.45, 2.75) is 37.9 Å². The number of epoxide rings is 1. The summed E-state index contributed by atoms with van der Waals surface area (Å²) in [5.41, 5.74) is 0. The lowest BCUT2D eigenvalue weighted by Gasteiger charge is -2.16. The highest BCUT2D eigenvalue weighted by atomic mass is 16.8. The maximum Gasteiger partial charge on any atom is 0.163 e. The molecule has 4 nitrogen and oxygen atoms in total. The summed E-state index contributed by atoms with van der Waals surface area (Å²) in [7, 11) is 0. The van der Waals surface area contributed by atoms with E-state index in [0.29, 0.717) is 6.61 Å². The summed E-state index contributed by atoms with van der Waals surface area (Å²) in [6, 6.07) is 0. The van der Waals surface area contributed by atoms with Gasteiger partial charge in [-0.1, -0.05) is 0 Å². The van der Waals surface area contributed by atoms with Gasteiger partial charge in [-0.2, -0.15) is 0 Å². The van der Waals surface area contributed by atoms with E-state index in [1.54, 1.807) is 0 Å². The van der Waals surface area contributed by atoms with E-state index in [9.17, 15) is 0 Å². The van der Waals surface area contributed by atoms with E-state index in [-0.39, 0.29) is 24.9 Å². The van der Waals surface area contributed by atoms with Gasteiger partial charge in [0.1, 0.15) is 18.3 Å². The first-order valence-electron chi connectivity index (χ1n) is 4.20. The van der Waals surface area contributed by atoms with Gasteiger partial charge in [-0.25, -0.2) is 0 Å². The number of hydrogen-bond acceptors (Lipinski definition) is 4. The third-order valence-corrected chi connectivity index (χ3v) is 2.20. The largest absolute Gasteiger partial charge is 0.394 e. The SMILES string of the molecule is CC1(C)OC[C@H]([C@H]2O[C@@H]2CO)O1. The standard InChI is InChI=1S/C8H14O4/c1-8(2)10-4-6(12-8)7-5(3-9)11-7/h5-7,9H,3-4H2,1-2H3/t5-,6-,7+/m1/s1. The van der Waals surface area contributed by atoms with E-state index in [0.717, 1.165) is 0 Å². The molecule has 0 spiro atoms. The first-order chi connectivity index (χ1) is 5.62. The monoisotopic (exact) mass is 174 g/mol. The minimum Gasteiger partial charge on any atom is -0.394 e. The van der Waals surface area contributed by atoms with Gasteiger partial charge in [0.25, 0.3) is 0 Å². The zero-order chi connectivity index (χ0) is 8.77. The Labute approximate surface area is 71.4 Å². The molecule has 1 N–H and O–H groups in total. The van der Waals surface area contributed by atoms with Crippen molar-refractivity contribution < 1.29 is 19.3 Å². The van der Waals surface area contributed by atoms with Gasteiger partial charge in [0, 0.05) is 0 Å². The second kappa shape index (κ2) is 2.67. The Kier molecular flexibility index (Phi) is 1.88. The lowest BCUT2D eigenvalue weighted by Crippen LogP contribution is -2.25. The van der Waals surface area contributed by atoms with Crippen LogP contribution < -0.4 is 0 Å². The Morgan fingerprint density at radius 2 is 2.25 bits per heavy atom. The Morgan fingerprint density at radius 1 is 1.50 bits per heavy atom. The minimum absolute atomic E-state index is 0.00264. The molecule has 2 aliphatic heterocycles. The molecule has 0 aromatic carbocycles. The van der Waals surface area contributed by atoms with Crippen LogP contribution in [0.15, 0.2) is 0 Å². The Morgan fingerprint density at radius 3 is 2.67 bits per heavy atom. The first kappa shape index (κ1) is 8.44. The fourth-order valence-electron chi connectivity index (χ4n) is 1.51. The topological polar surface area (TPSA) is 51.2 Å². The molecule has 70 valence electrons. The zero-order valence-electron chi connectivity index (χ0n) is 7.32. The summed E-state index contributed by atoms with van der Waals surface area (Å²) in [5.74, 6) is -0.489. The van der Waals surface area contributed by atoms with Crippen molar-refractivity contribution in [2.24, 2.45) is 0 Å². The highest BCUT2D eigenvalue weighted by molar-refractivity contribution is 4.93. The molecule has 12 heavy (non-hydrogen) atoms. The summed E-state index contributed by atoms with van der Waals surface area (Å²) in [6.07, 6.45) is 0.00132. The quantitative estimate of drug-likeness (QED) is 0.594. The van der Waals surface area contributed by atoms with Gasteiger partial charge in [0.15, 0.2) is 5.79 Å². The molecule has 0 aliphatic carbocycles. The van der Waals surface area contributed by atoms with Gasteiger partial charge in [-0.05, 0) is 13.8 Å². The van der Waals surface area contributed by atoms with Crippen LogP contribution >= 0.6 is 0 Å². The van der Waals surface area contributed by atoms with Gasteiger partial charge >= 0.3 is 0 Å². The Balaban J connectivity index is 1.85. The van der Waals surface area contributed by atoms with Crippen molar-refractivity contribution in [1.29, 1.82) is 0 Å². The molecular formula is C8H14O4. The summed E-state index contributed by atoms with van der Waals surface area (Å²) in [5, 5.41) is 8.75. The van der Waals surface area contributed by atoms with Crippen molar-refractivity contribution in [3.05, 3.63) is 0 Å².